The van der Waals surface area contributed by atoms with Crippen molar-refractivity contribution in [2.45, 2.75) is 19.8 Å². The molecule has 11 nitrogen and oxygen atoms in total. The highest BCUT2D eigenvalue weighted by molar-refractivity contribution is 6.06. The molecule has 7 rings (SSSR count). The highest BCUT2D eigenvalue weighted by Gasteiger charge is 2.27. The van der Waals surface area contributed by atoms with Gasteiger partial charge in [-0.25, -0.2) is 8.78 Å². The summed E-state index contributed by atoms with van der Waals surface area (Å²) in [6.45, 7) is 6.00. The van der Waals surface area contributed by atoms with Gasteiger partial charge in [0.25, 0.3) is 11.5 Å². The normalized spacial score (nSPS) is 14.2. The van der Waals surface area contributed by atoms with Crippen LogP contribution in [0.5, 0.6) is 23.0 Å². The molecule has 51 heavy (non-hydrogen) atoms. The number of amides is 1. The van der Waals surface area contributed by atoms with E-state index in [1.165, 1.54) is 47.2 Å². The molecule has 0 atom stereocenters. The van der Waals surface area contributed by atoms with E-state index in [4.69, 9.17) is 18.9 Å². The molecule has 5 aromatic rings. The average Bonchev–Trinajstić information content (AvgIpc) is 3.61. The van der Waals surface area contributed by atoms with Crippen LogP contribution in [0.2, 0.25) is 0 Å². The van der Waals surface area contributed by atoms with E-state index in [1.807, 2.05) is 0 Å². The van der Waals surface area contributed by atoms with Gasteiger partial charge in [0.2, 0.25) is 0 Å². The maximum Gasteiger partial charge on any atom is 0.271 e. The summed E-state index contributed by atoms with van der Waals surface area (Å²) in [6.07, 6.45) is 3.83. The molecule has 3 aromatic carbocycles. The van der Waals surface area contributed by atoms with Crippen LogP contribution in [0.15, 0.2) is 77.9 Å². The molecule has 1 amide bonds. The van der Waals surface area contributed by atoms with Gasteiger partial charge in [-0.2, -0.15) is 0 Å². The van der Waals surface area contributed by atoms with Crippen LogP contribution in [0.25, 0.3) is 16.6 Å². The van der Waals surface area contributed by atoms with E-state index >= 15 is 4.39 Å². The number of rotatable bonds is 11. The molecule has 0 saturated carbocycles. The Morgan fingerprint density at radius 2 is 1.76 bits per heavy atom. The molecule has 2 aromatic heterocycles. The summed E-state index contributed by atoms with van der Waals surface area (Å²) in [4.78, 5) is 46.5. The molecular formula is C38H34F2N4O7. The third kappa shape index (κ3) is 7.16. The van der Waals surface area contributed by atoms with Crippen LogP contribution in [0.1, 0.15) is 39.6 Å². The number of aromatic nitrogens is 2. The minimum absolute atomic E-state index is 0.0754. The van der Waals surface area contributed by atoms with Crippen LogP contribution in [-0.4, -0.2) is 72.2 Å². The van der Waals surface area contributed by atoms with E-state index in [9.17, 15) is 18.8 Å². The van der Waals surface area contributed by atoms with Crippen molar-refractivity contribution in [3.63, 3.8) is 0 Å². The van der Waals surface area contributed by atoms with Gasteiger partial charge in [-0.1, -0.05) is 6.92 Å². The van der Waals surface area contributed by atoms with Gasteiger partial charge >= 0.3 is 0 Å². The largest absolute Gasteiger partial charge is 0.492 e. The van der Waals surface area contributed by atoms with E-state index in [0.29, 0.717) is 66.3 Å². The minimum atomic E-state index is -0.790. The number of anilines is 1. The summed E-state index contributed by atoms with van der Waals surface area (Å²) in [6, 6.07) is 14.1. The summed E-state index contributed by atoms with van der Waals surface area (Å²) >= 11 is 0. The summed E-state index contributed by atoms with van der Waals surface area (Å²) in [5.74, 6) is -1.45. The van der Waals surface area contributed by atoms with Gasteiger partial charge in [-0.3, -0.25) is 28.8 Å². The number of carbonyl (C=O) groups is 2. The third-order valence-corrected chi connectivity index (χ3v) is 8.79. The Labute approximate surface area is 291 Å². The number of ether oxygens (including phenoxy) is 4. The lowest BCUT2D eigenvalue weighted by atomic mass is 10.0. The summed E-state index contributed by atoms with van der Waals surface area (Å²) < 4.78 is 53.5. The molecule has 4 heterocycles. The van der Waals surface area contributed by atoms with Gasteiger partial charge in [0, 0.05) is 73.3 Å². The number of nitrogens with zero attached hydrogens (tertiary/aromatic N) is 3. The lowest BCUT2D eigenvalue weighted by molar-refractivity contribution is 0.0322. The molecule has 0 unspecified atom stereocenters. The molecule has 0 bridgehead atoms. The fraction of sp³-hybridized carbons (Fsp3) is 0.263. The standard InChI is InChI=1S/C38H34F2N4O7/c1-2-31(45)28-20-30-27(21-34(28)49-18-14-43-12-16-48-17-13-43)32(9-11-41-30)51-33-8-5-25(19-29(33)40)42-37(46)35-36-23(10-15-50-36)22-44(38(35)47)26-6-3-24(39)4-7-26/h3-9,11,19-22H,2,10,12-18H2,1H3,(H,42,46). The molecule has 1 saturated heterocycles. The van der Waals surface area contributed by atoms with Gasteiger partial charge < -0.3 is 24.3 Å². The Kier molecular flexibility index (Phi) is 9.73. The first kappa shape index (κ1) is 33.8. The van der Waals surface area contributed by atoms with E-state index in [2.05, 4.69) is 15.2 Å². The first-order chi connectivity index (χ1) is 24.8. The number of morpholine rings is 1. The predicted octanol–water partition coefficient (Wildman–Crippen LogP) is 5.95. The molecule has 2 aliphatic heterocycles. The number of benzene rings is 3. The van der Waals surface area contributed by atoms with Crippen LogP contribution < -0.4 is 25.1 Å². The van der Waals surface area contributed by atoms with Gasteiger partial charge in [0.05, 0.1) is 30.9 Å². The van der Waals surface area contributed by atoms with Crippen LogP contribution in [-0.2, 0) is 11.2 Å². The maximum absolute atomic E-state index is 15.5. The van der Waals surface area contributed by atoms with Crippen LogP contribution in [0.3, 0.4) is 0 Å². The van der Waals surface area contributed by atoms with Crippen molar-refractivity contribution in [3.8, 4) is 28.7 Å². The minimum Gasteiger partial charge on any atom is -0.492 e. The Balaban J connectivity index is 1.13. The van der Waals surface area contributed by atoms with Gasteiger partial charge in [-0.15, -0.1) is 0 Å². The topological polar surface area (TPSA) is 121 Å². The Bertz CT molecular complexity index is 2180. The monoisotopic (exact) mass is 696 g/mol. The van der Waals surface area contributed by atoms with Crippen molar-refractivity contribution in [1.82, 2.24) is 14.5 Å². The zero-order chi connectivity index (χ0) is 35.5. The van der Waals surface area contributed by atoms with Crippen molar-refractivity contribution >= 4 is 28.3 Å². The zero-order valence-electron chi connectivity index (χ0n) is 27.7. The zero-order valence-corrected chi connectivity index (χ0v) is 27.7. The molecule has 1 N–H and O–H groups in total. The first-order valence-corrected chi connectivity index (χ1v) is 16.6. The number of pyridine rings is 2. The van der Waals surface area contributed by atoms with Gasteiger partial charge in [0.1, 0.15) is 35.2 Å². The van der Waals surface area contributed by atoms with E-state index in [0.717, 1.165) is 19.2 Å². The number of fused-ring (bicyclic) bond motifs is 2. The maximum atomic E-state index is 15.5. The number of hydrogen-bond donors (Lipinski definition) is 1. The Morgan fingerprint density at radius 1 is 0.961 bits per heavy atom. The molecule has 0 aliphatic carbocycles. The highest BCUT2D eigenvalue weighted by atomic mass is 19.1. The second-order valence-corrected chi connectivity index (χ2v) is 12.1. The fourth-order valence-electron chi connectivity index (χ4n) is 6.10. The Hall–Kier alpha value is -5.66. The predicted molar refractivity (Wildman–Crippen MR) is 185 cm³/mol. The van der Waals surface area contributed by atoms with Crippen LogP contribution >= 0.6 is 0 Å². The van der Waals surface area contributed by atoms with Crippen molar-refractivity contribution in [3.05, 3.63) is 112 Å². The van der Waals surface area contributed by atoms with E-state index in [1.54, 1.807) is 31.3 Å². The molecule has 1 fully saturated rings. The van der Waals surface area contributed by atoms with E-state index < -0.39 is 23.1 Å². The smallest absolute Gasteiger partial charge is 0.271 e. The number of ketones is 1. The summed E-state index contributed by atoms with van der Waals surface area (Å²) in [5, 5.41) is 3.11. The number of Topliss-reactive ketones (excluding diaryl/α,β-unsaturated/α-hetero) is 1. The number of carbonyl (C=O) groups excluding carboxylic acids is 2. The SMILES string of the molecule is CCC(=O)c1cc2nccc(Oc3ccc(NC(=O)c4c5c(cn(-c6ccc(F)cc6)c4=O)CCO5)cc3F)c2cc1OCCN1CCOCC1. The molecule has 0 spiro atoms. The highest BCUT2D eigenvalue weighted by Crippen LogP contribution is 2.36. The van der Waals surface area contributed by atoms with Gasteiger partial charge in [0.15, 0.2) is 17.3 Å². The fourth-order valence-corrected chi connectivity index (χ4v) is 6.10. The summed E-state index contributed by atoms with van der Waals surface area (Å²) in [5.41, 5.74) is 1.05. The van der Waals surface area contributed by atoms with Crippen LogP contribution in [0, 0.1) is 11.6 Å². The third-order valence-electron chi connectivity index (χ3n) is 8.79. The molecular weight excluding hydrogens is 662 g/mol. The first-order valence-electron chi connectivity index (χ1n) is 16.6. The van der Waals surface area contributed by atoms with Gasteiger partial charge in [-0.05, 0) is 54.6 Å². The van der Waals surface area contributed by atoms with Crippen molar-refractivity contribution < 1.29 is 37.3 Å². The number of nitrogens with one attached hydrogen (secondary N) is 1. The molecule has 262 valence electrons. The molecule has 0 radical (unpaired) electrons. The van der Waals surface area contributed by atoms with Crippen molar-refractivity contribution in [1.29, 1.82) is 0 Å². The molecule has 13 heteroatoms. The lowest BCUT2D eigenvalue weighted by Crippen LogP contribution is -2.38. The number of hydrogen-bond acceptors (Lipinski definition) is 9. The number of halogens is 2. The Morgan fingerprint density at radius 3 is 2.53 bits per heavy atom. The summed E-state index contributed by atoms with van der Waals surface area (Å²) in [7, 11) is 0. The second-order valence-electron chi connectivity index (χ2n) is 12.1. The van der Waals surface area contributed by atoms with Crippen molar-refractivity contribution in [2.24, 2.45) is 0 Å². The second kappa shape index (κ2) is 14.7. The van der Waals surface area contributed by atoms with Crippen molar-refractivity contribution in [2.75, 3.05) is 51.4 Å². The quantitative estimate of drug-likeness (QED) is 0.167. The molecule has 2 aliphatic rings. The van der Waals surface area contributed by atoms with Crippen LogP contribution in [0.4, 0.5) is 14.5 Å². The average molecular weight is 697 g/mol. The van der Waals surface area contributed by atoms with E-state index in [-0.39, 0.29) is 47.3 Å². The lowest BCUT2D eigenvalue weighted by Gasteiger charge is -2.26.